The van der Waals surface area contributed by atoms with Crippen LogP contribution in [0, 0.1) is 11.3 Å². The van der Waals surface area contributed by atoms with Crippen molar-refractivity contribution in [1.29, 1.82) is 0 Å². The maximum atomic E-state index is 12.5. The highest BCUT2D eigenvalue weighted by atomic mass is 16.6. The normalized spacial score (nSPS) is 22.6. The minimum atomic E-state index is -0.807. The van der Waals surface area contributed by atoms with Crippen LogP contribution in [0.1, 0.15) is 27.2 Å². The van der Waals surface area contributed by atoms with E-state index < -0.39 is 11.5 Å². The van der Waals surface area contributed by atoms with Crippen LogP contribution in [0.25, 0.3) is 0 Å². The van der Waals surface area contributed by atoms with Crippen molar-refractivity contribution in [1.82, 2.24) is 4.90 Å². The van der Waals surface area contributed by atoms with Gasteiger partial charge in [0.15, 0.2) is 0 Å². The van der Waals surface area contributed by atoms with Crippen molar-refractivity contribution in [3.63, 3.8) is 0 Å². The van der Waals surface area contributed by atoms with Crippen LogP contribution in [0.5, 0.6) is 0 Å². The number of hydrogen-bond donors (Lipinski definition) is 0. The van der Waals surface area contributed by atoms with Crippen molar-refractivity contribution in [3.8, 4) is 0 Å². The Kier molecular flexibility index (Phi) is 4.33. The molecule has 1 rings (SSSR count). The molecule has 1 aliphatic heterocycles. The first-order valence-electron chi connectivity index (χ1n) is 6.12. The largest absolute Gasteiger partial charge is 0.447 e. The number of carbonyl (C=O) groups excluding carboxylic acids is 2. The highest BCUT2D eigenvalue weighted by Gasteiger charge is 2.45. The molecule has 0 radical (unpaired) electrons. The van der Waals surface area contributed by atoms with E-state index in [1.54, 1.807) is 19.1 Å². The first-order chi connectivity index (χ1) is 8.37. The predicted octanol–water partition coefficient (Wildman–Crippen LogP) is 2.76. The zero-order chi connectivity index (χ0) is 13.9. The molecule has 0 N–H and O–H groups in total. The van der Waals surface area contributed by atoms with Crippen molar-refractivity contribution in [2.24, 2.45) is 11.3 Å². The molecule has 100 valence electrons. The van der Waals surface area contributed by atoms with Crippen LogP contribution < -0.4 is 0 Å². The minimum Gasteiger partial charge on any atom is -0.447 e. The molecule has 2 atom stereocenters. The fourth-order valence-corrected chi connectivity index (χ4v) is 1.99. The van der Waals surface area contributed by atoms with Crippen LogP contribution >= 0.6 is 0 Å². The Morgan fingerprint density at radius 3 is 2.67 bits per heavy atom. The lowest BCUT2D eigenvalue weighted by Crippen LogP contribution is -2.48. The van der Waals surface area contributed by atoms with Gasteiger partial charge in [-0.05, 0) is 19.3 Å². The summed E-state index contributed by atoms with van der Waals surface area (Å²) >= 11 is 0. The first-order valence-corrected chi connectivity index (χ1v) is 6.12. The summed E-state index contributed by atoms with van der Waals surface area (Å²) in [6, 6.07) is -0.200. The number of imide groups is 1. The molecule has 1 fully saturated rings. The molecular formula is C14H21NO3. The minimum absolute atomic E-state index is 0.165. The third-order valence-corrected chi connectivity index (χ3v) is 3.40. The van der Waals surface area contributed by atoms with E-state index in [0.717, 1.165) is 0 Å². The summed E-state index contributed by atoms with van der Waals surface area (Å²) in [4.78, 5) is 25.5. The number of hydrogen-bond acceptors (Lipinski definition) is 3. The highest BCUT2D eigenvalue weighted by molar-refractivity contribution is 5.97. The molecule has 2 amide bonds. The second-order valence-corrected chi connectivity index (χ2v) is 5.18. The van der Waals surface area contributed by atoms with Gasteiger partial charge in [-0.2, -0.15) is 0 Å². The molecule has 4 nitrogen and oxygen atoms in total. The molecule has 4 heteroatoms. The quantitative estimate of drug-likeness (QED) is 0.706. The molecule has 0 spiro atoms. The second kappa shape index (κ2) is 5.38. The lowest BCUT2D eigenvalue weighted by Gasteiger charge is -2.31. The van der Waals surface area contributed by atoms with Gasteiger partial charge in [-0.25, -0.2) is 9.69 Å². The third kappa shape index (κ3) is 2.47. The van der Waals surface area contributed by atoms with E-state index in [1.807, 2.05) is 13.8 Å². The molecule has 18 heavy (non-hydrogen) atoms. The van der Waals surface area contributed by atoms with Crippen molar-refractivity contribution in [2.75, 3.05) is 6.61 Å². The Morgan fingerprint density at radius 1 is 1.61 bits per heavy atom. The van der Waals surface area contributed by atoms with E-state index >= 15 is 0 Å². The lowest BCUT2D eigenvalue weighted by molar-refractivity contribution is -0.137. The number of cyclic esters (lactones) is 1. The fraction of sp³-hybridized carbons (Fsp3) is 0.571. The Morgan fingerprint density at radius 2 is 2.22 bits per heavy atom. The summed E-state index contributed by atoms with van der Waals surface area (Å²) in [6.45, 7) is 13.3. The molecule has 0 aliphatic carbocycles. The molecule has 0 aromatic rings. The number of carbonyl (C=O) groups is 2. The van der Waals surface area contributed by atoms with Crippen LogP contribution in [0.3, 0.4) is 0 Å². The maximum Gasteiger partial charge on any atom is 0.417 e. The van der Waals surface area contributed by atoms with E-state index in [1.165, 1.54) is 4.90 Å². The molecule has 0 aromatic heterocycles. The first kappa shape index (κ1) is 14.5. The zero-order valence-corrected chi connectivity index (χ0v) is 11.3. The van der Waals surface area contributed by atoms with Gasteiger partial charge in [-0.1, -0.05) is 26.0 Å². The summed E-state index contributed by atoms with van der Waals surface area (Å²) in [5, 5.41) is 0. The monoisotopic (exact) mass is 251 g/mol. The van der Waals surface area contributed by atoms with Crippen molar-refractivity contribution in [3.05, 3.63) is 25.3 Å². The summed E-state index contributed by atoms with van der Waals surface area (Å²) < 4.78 is 4.98. The molecule has 1 heterocycles. The standard InChI is InChI=1S/C14H21NO3/c1-6-8-14(5,7-2)12(16)15-11(10(3)4)9-18-13(15)17/h6-7,10-11H,1-2,8-9H2,3-5H3/t11-,14+/m1/s1. The topological polar surface area (TPSA) is 46.6 Å². The van der Waals surface area contributed by atoms with Crippen molar-refractivity contribution >= 4 is 12.0 Å². The summed E-state index contributed by atoms with van der Waals surface area (Å²) in [5.74, 6) is -0.100. The smallest absolute Gasteiger partial charge is 0.417 e. The molecule has 0 saturated carbocycles. The van der Waals surface area contributed by atoms with Gasteiger partial charge in [0, 0.05) is 0 Å². The molecule has 1 aliphatic rings. The number of amides is 2. The van der Waals surface area contributed by atoms with Gasteiger partial charge in [0.2, 0.25) is 5.91 Å². The number of rotatable bonds is 5. The highest BCUT2D eigenvalue weighted by Crippen LogP contribution is 2.31. The van der Waals surface area contributed by atoms with Gasteiger partial charge >= 0.3 is 6.09 Å². The van der Waals surface area contributed by atoms with Gasteiger partial charge in [-0.15, -0.1) is 13.2 Å². The van der Waals surface area contributed by atoms with Crippen molar-refractivity contribution < 1.29 is 14.3 Å². The SMILES string of the molecule is C=CC[C@](C)(C=C)C(=O)N1C(=O)OC[C@@H]1C(C)C. The Labute approximate surface area is 108 Å². The number of allylic oxidation sites excluding steroid dienone is 1. The summed E-state index contributed by atoms with van der Waals surface area (Å²) in [6.07, 6.45) is 3.12. The Balaban J connectivity index is 3.03. The van der Waals surface area contributed by atoms with E-state index in [4.69, 9.17) is 4.74 Å². The Hall–Kier alpha value is -1.58. The van der Waals surface area contributed by atoms with Crippen molar-refractivity contribution in [2.45, 2.75) is 33.2 Å². The average molecular weight is 251 g/mol. The van der Waals surface area contributed by atoms with E-state index in [2.05, 4.69) is 13.2 Å². The van der Waals surface area contributed by atoms with Crippen LogP contribution in [-0.2, 0) is 9.53 Å². The van der Waals surface area contributed by atoms with Gasteiger partial charge in [0.25, 0.3) is 0 Å². The molecular weight excluding hydrogens is 230 g/mol. The summed E-state index contributed by atoms with van der Waals surface area (Å²) in [5.41, 5.74) is -0.807. The molecule has 1 saturated heterocycles. The lowest BCUT2D eigenvalue weighted by atomic mass is 9.84. The van der Waals surface area contributed by atoms with E-state index in [-0.39, 0.29) is 24.5 Å². The predicted molar refractivity (Wildman–Crippen MR) is 69.9 cm³/mol. The molecule has 0 unspecified atom stereocenters. The van der Waals surface area contributed by atoms with Gasteiger partial charge in [0.05, 0.1) is 11.5 Å². The van der Waals surface area contributed by atoms with Gasteiger partial charge < -0.3 is 4.74 Å². The maximum absolute atomic E-state index is 12.5. The van der Waals surface area contributed by atoms with E-state index in [9.17, 15) is 9.59 Å². The number of nitrogens with zero attached hydrogens (tertiary/aromatic N) is 1. The van der Waals surface area contributed by atoms with Gasteiger partial charge in [0.1, 0.15) is 6.61 Å². The van der Waals surface area contributed by atoms with Gasteiger partial charge in [-0.3, -0.25) is 4.79 Å². The third-order valence-electron chi connectivity index (χ3n) is 3.40. The van der Waals surface area contributed by atoms with Crippen LogP contribution in [0.2, 0.25) is 0 Å². The molecule has 0 aromatic carbocycles. The molecule has 0 bridgehead atoms. The fourth-order valence-electron chi connectivity index (χ4n) is 1.99. The average Bonchev–Trinajstić information content (AvgIpc) is 2.70. The zero-order valence-electron chi connectivity index (χ0n) is 11.3. The van der Waals surface area contributed by atoms with E-state index in [0.29, 0.717) is 6.42 Å². The summed E-state index contributed by atoms with van der Waals surface area (Å²) in [7, 11) is 0. The van der Waals surface area contributed by atoms with Crippen LogP contribution in [0.4, 0.5) is 4.79 Å². The number of ether oxygens (including phenoxy) is 1. The van der Waals surface area contributed by atoms with Crippen LogP contribution in [0.15, 0.2) is 25.3 Å². The Bertz CT molecular complexity index is 375. The second-order valence-electron chi connectivity index (χ2n) is 5.18. The van der Waals surface area contributed by atoms with Crippen LogP contribution in [-0.4, -0.2) is 29.5 Å².